The quantitative estimate of drug-likeness (QED) is 0.781. The second-order valence-corrected chi connectivity index (χ2v) is 4.59. The molecule has 1 aromatic carbocycles. The molecule has 0 aliphatic rings. The second kappa shape index (κ2) is 6.89. The number of likely N-dealkylation sites (N-methyl/N-ethyl adjacent to an activating group) is 1. The number of methoxy groups -OCH3 is 1. The number of halogens is 4. The first-order chi connectivity index (χ1) is 9.72. The summed E-state index contributed by atoms with van der Waals surface area (Å²) in [5.74, 6) is -1.76. The molecule has 21 heavy (non-hydrogen) atoms. The first-order valence-corrected chi connectivity index (χ1v) is 6.39. The molecule has 1 rings (SSSR count). The second-order valence-electron chi connectivity index (χ2n) is 4.59. The molecule has 0 saturated heterocycles. The van der Waals surface area contributed by atoms with Crippen LogP contribution in [0.25, 0.3) is 0 Å². The lowest BCUT2D eigenvalue weighted by atomic mass is 10.1. The smallest absolute Gasteiger partial charge is 0.383 e. The van der Waals surface area contributed by atoms with Crippen molar-refractivity contribution in [3.8, 4) is 0 Å². The average Bonchev–Trinajstić information content (AvgIpc) is 2.38. The molecule has 0 N–H and O–H groups in total. The number of hydrogen-bond acceptors (Lipinski definition) is 2. The predicted molar refractivity (Wildman–Crippen MR) is 69.5 cm³/mol. The van der Waals surface area contributed by atoms with Gasteiger partial charge in [-0.25, -0.2) is 4.39 Å². The molecule has 0 fully saturated rings. The summed E-state index contributed by atoms with van der Waals surface area (Å²) in [6.45, 7) is 3.78. The fourth-order valence-corrected chi connectivity index (χ4v) is 2.01. The minimum absolute atomic E-state index is 0.208. The summed E-state index contributed by atoms with van der Waals surface area (Å²) in [7, 11) is 1.44. The van der Waals surface area contributed by atoms with E-state index in [9.17, 15) is 22.4 Å². The van der Waals surface area contributed by atoms with Gasteiger partial charge in [0, 0.05) is 13.7 Å². The van der Waals surface area contributed by atoms with Crippen molar-refractivity contribution < 1.29 is 27.1 Å². The van der Waals surface area contributed by atoms with Crippen LogP contribution in [0.15, 0.2) is 18.2 Å². The van der Waals surface area contributed by atoms with Crippen molar-refractivity contribution >= 4 is 5.91 Å². The van der Waals surface area contributed by atoms with Gasteiger partial charge in [-0.1, -0.05) is 0 Å². The summed E-state index contributed by atoms with van der Waals surface area (Å²) in [4.78, 5) is 13.5. The summed E-state index contributed by atoms with van der Waals surface area (Å²) >= 11 is 0. The number of carbonyl (C=O) groups is 1. The van der Waals surface area contributed by atoms with E-state index in [-0.39, 0.29) is 19.2 Å². The molecule has 1 aromatic rings. The molecule has 0 bridgehead atoms. The van der Waals surface area contributed by atoms with Crippen molar-refractivity contribution in [3.63, 3.8) is 0 Å². The van der Waals surface area contributed by atoms with Gasteiger partial charge in [-0.05, 0) is 32.0 Å². The molecule has 0 heterocycles. The summed E-state index contributed by atoms with van der Waals surface area (Å²) in [5, 5.41) is 0. The first-order valence-electron chi connectivity index (χ1n) is 6.39. The van der Waals surface area contributed by atoms with E-state index in [1.54, 1.807) is 13.8 Å². The number of hydrogen-bond donors (Lipinski definition) is 0. The van der Waals surface area contributed by atoms with E-state index in [1.165, 1.54) is 12.0 Å². The summed E-state index contributed by atoms with van der Waals surface area (Å²) in [6.07, 6.45) is -4.63. The molecule has 3 nitrogen and oxygen atoms in total. The van der Waals surface area contributed by atoms with E-state index in [0.717, 1.165) is 0 Å². The van der Waals surface area contributed by atoms with E-state index in [2.05, 4.69) is 0 Å². The fraction of sp³-hybridized carbons (Fsp3) is 0.500. The standard InChI is InChI=1S/C14H17F4NO2/c1-4-19(9(2)8-21-3)13(20)11-7-10(14(16,17)18)5-6-12(11)15/h5-7,9H,4,8H2,1-3H3. The average molecular weight is 307 g/mol. The number of nitrogens with zero attached hydrogens (tertiary/aromatic N) is 1. The molecular formula is C14H17F4NO2. The largest absolute Gasteiger partial charge is 0.416 e. The Morgan fingerprint density at radius 2 is 2.00 bits per heavy atom. The van der Waals surface area contributed by atoms with Gasteiger partial charge < -0.3 is 9.64 Å². The molecule has 0 saturated carbocycles. The van der Waals surface area contributed by atoms with Crippen molar-refractivity contribution in [2.75, 3.05) is 20.3 Å². The number of amides is 1. The molecule has 1 unspecified atom stereocenters. The lowest BCUT2D eigenvalue weighted by Gasteiger charge is -2.28. The lowest BCUT2D eigenvalue weighted by molar-refractivity contribution is -0.137. The Balaban J connectivity index is 3.16. The Labute approximate surface area is 120 Å². The minimum atomic E-state index is -4.63. The normalized spacial score (nSPS) is 13.1. The summed E-state index contributed by atoms with van der Waals surface area (Å²) < 4.78 is 56.6. The van der Waals surface area contributed by atoms with Crippen molar-refractivity contribution in [2.24, 2.45) is 0 Å². The zero-order valence-corrected chi connectivity index (χ0v) is 12.0. The zero-order chi connectivity index (χ0) is 16.2. The van der Waals surface area contributed by atoms with E-state index in [0.29, 0.717) is 18.2 Å². The molecule has 1 atom stereocenters. The first kappa shape index (κ1) is 17.4. The van der Waals surface area contributed by atoms with Gasteiger partial charge in [0.25, 0.3) is 5.91 Å². The molecule has 118 valence electrons. The van der Waals surface area contributed by atoms with Crippen LogP contribution in [0.4, 0.5) is 17.6 Å². The SMILES string of the molecule is CCN(C(=O)c1cc(C(F)(F)F)ccc1F)C(C)COC. The summed E-state index contributed by atoms with van der Waals surface area (Å²) in [6, 6.07) is 1.44. The Morgan fingerprint density at radius 1 is 1.38 bits per heavy atom. The van der Waals surface area contributed by atoms with Crippen molar-refractivity contribution in [2.45, 2.75) is 26.1 Å². The van der Waals surface area contributed by atoms with Crippen LogP contribution in [0.1, 0.15) is 29.8 Å². The van der Waals surface area contributed by atoms with Crippen LogP contribution in [-0.4, -0.2) is 37.1 Å². The van der Waals surface area contributed by atoms with Gasteiger partial charge in [-0.3, -0.25) is 4.79 Å². The van der Waals surface area contributed by atoms with Gasteiger partial charge in [-0.15, -0.1) is 0 Å². The van der Waals surface area contributed by atoms with Crippen LogP contribution < -0.4 is 0 Å². The topological polar surface area (TPSA) is 29.5 Å². The molecule has 7 heteroatoms. The molecule has 0 radical (unpaired) electrons. The number of alkyl halides is 3. The van der Waals surface area contributed by atoms with Gasteiger partial charge in [0.2, 0.25) is 0 Å². The molecule has 0 aliphatic heterocycles. The third kappa shape index (κ3) is 4.17. The number of carbonyl (C=O) groups excluding carboxylic acids is 1. The maximum absolute atomic E-state index is 13.7. The Morgan fingerprint density at radius 3 is 2.48 bits per heavy atom. The minimum Gasteiger partial charge on any atom is -0.383 e. The molecular weight excluding hydrogens is 290 g/mol. The molecule has 0 aliphatic carbocycles. The van der Waals surface area contributed by atoms with E-state index in [1.807, 2.05) is 0 Å². The highest BCUT2D eigenvalue weighted by atomic mass is 19.4. The van der Waals surface area contributed by atoms with Crippen molar-refractivity contribution in [1.82, 2.24) is 4.90 Å². The highest BCUT2D eigenvalue weighted by molar-refractivity contribution is 5.95. The highest BCUT2D eigenvalue weighted by Crippen LogP contribution is 2.30. The van der Waals surface area contributed by atoms with Crippen molar-refractivity contribution in [3.05, 3.63) is 35.1 Å². The Kier molecular flexibility index (Phi) is 5.71. The molecule has 1 amide bonds. The van der Waals surface area contributed by atoms with E-state index in [4.69, 9.17) is 4.74 Å². The van der Waals surface area contributed by atoms with Gasteiger partial charge in [-0.2, -0.15) is 13.2 Å². The van der Waals surface area contributed by atoms with Crippen LogP contribution in [0.3, 0.4) is 0 Å². The maximum Gasteiger partial charge on any atom is 0.416 e. The van der Waals surface area contributed by atoms with Crippen molar-refractivity contribution in [1.29, 1.82) is 0 Å². The van der Waals surface area contributed by atoms with Crippen LogP contribution in [0.5, 0.6) is 0 Å². The number of benzene rings is 1. The van der Waals surface area contributed by atoms with Gasteiger partial charge in [0.15, 0.2) is 0 Å². The Hall–Kier alpha value is -1.63. The summed E-state index contributed by atoms with van der Waals surface area (Å²) in [5.41, 5.74) is -1.64. The highest BCUT2D eigenvalue weighted by Gasteiger charge is 2.33. The molecule has 0 aromatic heterocycles. The fourth-order valence-electron chi connectivity index (χ4n) is 2.01. The Bertz CT molecular complexity index is 502. The lowest BCUT2D eigenvalue weighted by Crippen LogP contribution is -2.41. The van der Waals surface area contributed by atoms with Gasteiger partial charge in [0.1, 0.15) is 5.82 Å². The third-order valence-electron chi connectivity index (χ3n) is 3.07. The van der Waals surface area contributed by atoms with Crippen LogP contribution >= 0.6 is 0 Å². The number of rotatable bonds is 5. The number of ether oxygens (including phenoxy) is 1. The van der Waals surface area contributed by atoms with E-state index < -0.39 is 29.0 Å². The van der Waals surface area contributed by atoms with Crippen LogP contribution in [-0.2, 0) is 10.9 Å². The van der Waals surface area contributed by atoms with Gasteiger partial charge in [0.05, 0.1) is 23.8 Å². The predicted octanol–water partition coefficient (Wildman–Crippen LogP) is 3.34. The monoisotopic (exact) mass is 307 g/mol. The molecule has 0 spiro atoms. The third-order valence-corrected chi connectivity index (χ3v) is 3.07. The van der Waals surface area contributed by atoms with Crippen LogP contribution in [0.2, 0.25) is 0 Å². The zero-order valence-electron chi connectivity index (χ0n) is 12.0. The van der Waals surface area contributed by atoms with Crippen LogP contribution in [0, 0.1) is 5.82 Å². The van der Waals surface area contributed by atoms with E-state index >= 15 is 0 Å². The maximum atomic E-state index is 13.7. The van der Waals surface area contributed by atoms with Gasteiger partial charge >= 0.3 is 6.18 Å².